The first-order valence-electron chi connectivity index (χ1n) is 10.7. The number of benzene rings is 3. The molecular weight excluding hydrogens is 583 g/mol. The van der Waals surface area contributed by atoms with E-state index in [0.717, 1.165) is 14.0 Å². The zero-order valence-electron chi connectivity index (χ0n) is 18.6. The minimum Gasteiger partial charge on any atom is -0.490 e. The predicted octanol–water partition coefficient (Wildman–Crippen LogP) is 5.59. The van der Waals surface area contributed by atoms with E-state index in [9.17, 15) is 14.4 Å². The molecule has 1 aliphatic heterocycles. The lowest BCUT2D eigenvalue weighted by atomic mass is 10.1. The standard InChI is InChI=1S/C26H20ClIN2O5/c1-2-34-22-14-17(13-21(28)23(22)35-15-16-8-10-18(27)11-9-16)12-20-24(31)29-26(33)30(25(20)32)19-6-4-3-5-7-19/h3-14H,2,15H2,1H3,(H,29,31,33)/b20-12-. The fraction of sp³-hybridized carbons (Fsp3) is 0.115. The van der Waals surface area contributed by atoms with Crippen LogP contribution >= 0.6 is 34.2 Å². The number of barbiturate groups is 1. The molecule has 1 heterocycles. The highest BCUT2D eigenvalue weighted by Gasteiger charge is 2.36. The number of amides is 4. The van der Waals surface area contributed by atoms with Crippen LogP contribution in [0.1, 0.15) is 18.1 Å². The summed E-state index contributed by atoms with van der Waals surface area (Å²) in [4.78, 5) is 38.9. The monoisotopic (exact) mass is 602 g/mol. The first-order valence-corrected chi connectivity index (χ1v) is 12.1. The molecule has 35 heavy (non-hydrogen) atoms. The van der Waals surface area contributed by atoms with Crippen molar-refractivity contribution in [1.29, 1.82) is 0 Å². The number of carbonyl (C=O) groups excluding carboxylic acids is 3. The number of rotatable bonds is 7. The van der Waals surface area contributed by atoms with Crippen LogP contribution in [-0.4, -0.2) is 24.5 Å². The van der Waals surface area contributed by atoms with E-state index in [2.05, 4.69) is 27.9 Å². The average molecular weight is 603 g/mol. The van der Waals surface area contributed by atoms with Crippen molar-refractivity contribution in [3.63, 3.8) is 0 Å². The van der Waals surface area contributed by atoms with Crippen LogP contribution in [0.2, 0.25) is 5.02 Å². The van der Waals surface area contributed by atoms with E-state index in [4.69, 9.17) is 21.1 Å². The molecule has 1 N–H and O–H groups in total. The SMILES string of the molecule is CCOc1cc(/C=C2/C(=O)NC(=O)N(c3ccccc3)C2=O)cc(I)c1OCc1ccc(Cl)cc1. The van der Waals surface area contributed by atoms with E-state index in [0.29, 0.717) is 41.0 Å². The van der Waals surface area contributed by atoms with Gasteiger partial charge in [0, 0.05) is 5.02 Å². The third kappa shape index (κ3) is 5.66. The van der Waals surface area contributed by atoms with Crippen molar-refractivity contribution in [1.82, 2.24) is 5.32 Å². The van der Waals surface area contributed by atoms with Gasteiger partial charge < -0.3 is 9.47 Å². The van der Waals surface area contributed by atoms with Gasteiger partial charge in [0.05, 0.1) is 15.9 Å². The first kappa shape index (κ1) is 24.7. The van der Waals surface area contributed by atoms with Gasteiger partial charge in [-0.2, -0.15) is 0 Å². The summed E-state index contributed by atoms with van der Waals surface area (Å²) >= 11 is 8.06. The number of nitrogens with zero attached hydrogens (tertiary/aromatic N) is 1. The van der Waals surface area contributed by atoms with Gasteiger partial charge >= 0.3 is 6.03 Å². The highest BCUT2D eigenvalue weighted by Crippen LogP contribution is 2.36. The molecule has 4 amide bonds. The quantitative estimate of drug-likeness (QED) is 0.217. The van der Waals surface area contributed by atoms with E-state index in [-0.39, 0.29) is 5.57 Å². The highest BCUT2D eigenvalue weighted by molar-refractivity contribution is 14.1. The second-order valence-electron chi connectivity index (χ2n) is 7.47. The highest BCUT2D eigenvalue weighted by atomic mass is 127. The summed E-state index contributed by atoms with van der Waals surface area (Å²) < 4.78 is 12.5. The first-order chi connectivity index (χ1) is 16.9. The molecule has 0 spiro atoms. The maximum atomic E-state index is 13.1. The van der Waals surface area contributed by atoms with Gasteiger partial charge in [-0.1, -0.05) is 41.9 Å². The third-order valence-corrected chi connectivity index (χ3v) is 6.11. The average Bonchev–Trinajstić information content (AvgIpc) is 2.83. The number of nitrogens with one attached hydrogen (secondary N) is 1. The topological polar surface area (TPSA) is 84.9 Å². The molecule has 3 aromatic carbocycles. The smallest absolute Gasteiger partial charge is 0.335 e. The number of halogens is 2. The summed E-state index contributed by atoms with van der Waals surface area (Å²) in [5.74, 6) is -0.450. The molecule has 0 unspecified atom stereocenters. The van der Waals surface area contributed by atoms with Gasteiger partial charge in [0.15, 0.2) is 11.5 Å². The lowest BCUT2D eigenvalue weighted by Crippen LogP contribution is -2.54. The summed E-state index contributed by atoms with van der Waals surface area (Å²) in [6, 6.07) is 18.4. The van der Waals surface area contributed by atoms with E-state index < -0.39 is 17.8 Å². The van der Waals surface area contributed by atoms with Crippen LogP contribution in [0.4, 0.5) is 10.5 Å². The molecule has 0 aliphatic carbocycles. The van der Waals surface area contributed by atoms with Crippen LogP contribution in [-0.2, 0) is 16.2 Å². The van der Waals surface area contributed by atoms with Gasteiger partial charge in [-0.05, 0) is 83.1 Å². The molecule has 1 fully saturated rings. The van der Waals surface area contributed by atoms with Crippen molar-refractivity contribution in [2.24, 2.45) is 0 Å². The molecule has 4 rings (SSSR count). The fourth-order valence-electron chi connectivity index (χ4n) is 3.45. The molecule has 1 aliphatic rings. The zero-order chi connectivity index (χ0) is 24.9. The van der Waals surface area contributed by atoms with Crippen molar-refractivity contribution < 1.29 is 23.9 Å². The van der Waals surface area contributed by atoms with Gasteiger partial charge in [0.25, 0.3) is 11.8 Å². The number of urea groups is 1. The number of anilines is 1. The molecular formula is C26H20ClIN2O5. The lowest BCUT2D eigenvalue weighted by Gasteiger charge is -2.26. The predicted molar refractivity (Wildman–Crippen MR) is 142 cm³/mol. The van der Waals surface area contributed by atoms with Crippen LogP contribution in [0, 0.1) is 3.57 Å². The van der Waals surface area contributed by atoms with Crippen molar-refractivity contribution in [2.45, 2.75) is 13.5 Å². The van der Waals surface area contributed by atoms with Crippen molar-refractivity contribution in [3.8, 4) is 11.5 Å². The molecule has 0 aromatic heterocycles. The Balaban J connectivity index is 1.65. The second kappa shape index (κ2) is 10.9. The van der Waals surface area contributed by atoms with Crippen molar-refractivity contribution in [2.75, 3.05) is 11.5 Å². The largest absolute Gasteiger partial charge is 0.490 e. The van der Waals surface area contributed by atoms with Gasteiger partial charge in [0.1, 0.15) is 12.2 Å². The number of imide groups is 2. The Hall–Kier alpha value is -3.37. The Morgan fingerprint density at radius 2 is 1.71 bits per heavy atom. The van der Waals surface area contributed by atoms with E-state index in [1.165, 1.54) is 6.08 Å². The molecule has 9 heteroatoms. The van der Waals surface area contributed by atoms with Crippen LogP contribution in [0.5, 0.6) is 11.5 Å². The molecule has 0 saturated carbocycles. The Labute approximate surface area is 220 Å². The van der Waals surface area contributed by atoms with Crippen LogP contribution in [0.15, 0.2) is 72.3 Å². The van der Waals surface area contributed by atoms with Crippen LogP contribution in [0.3, 0.4) is 0 Å². The summed E-state index contributed by atoms with van der Waals surface area (Å²) in [6.45, 7) is 2.55. The van der Waals surface area contributed by atoms with Crippen LogP contribution < -0.4 is 19.7 Å². The van der Waals surface area contributed by atoms with E-state index in [1.807, 2.05) is 19.1 Å². The molecule has 0 atom stereocenters. The molecule has 178 valence electrons. The summed E-state index contributed by atoms with van der Waals surface area (Å²) in [5, 5.41) is 2.87. The number of carbonyl (C=O) groups is 3. The fourth-order valence-corrected chi connectivity index (χ4v) is 4.35. The van der Waals surface area contributed by atoms with Crippen molar-refractivity contribution in [3.05, 3.63) is 92.0 Å². The normalized spacial score (nSPS) is 14.8. The second-order valence-corrected chi connectivity index (χ2v) is 9.07. The molecule has 7 nitrogen and oxygen atoms in total. The maximum absolute atomic E-state index is 13.1. The minimum atomic E-state index is -0.793. The van der Waals surface area contributed by atoms with Gasteiger partial charge in [-0.15, -0.1) is 0 Å². The van der Waals surface area contributed by atoms with Crippen LogP contribution in [0.25, 0.3) is 6.08 Å². The summed E-state index contributed by atoms with van der Waals surface area (Å²) in [7, 11) is 0. The Morgan fingerprint density at radius 3 is 2.40 bits per heavy atom. The molecule has 3 aromatic rings. The Morgan fingerprint density at radius 1 is 1.00 bits per heavy atom. The van der Waals surface area contributed by atoms with E-state index >= 15 is 0 Å². The Bertz CT molecular complexity index is 1310. The van der Waals surface area contributed by atoms with Gasteiger partial charge in [-0.25, -0.2) is 9.69 Å². The third-order valence-electron chi connectivity index (χ3n) is 5.06. The summed E-state index contributed by atoms with van der Waals surface area (Å²) in [5.41, 5.74) is 1.69. The number of hydrogen-bond acceptors (Lipinski definition) is 5. The number of para-hydroxylation sites is 1. The van der Waals surface area contributed by atoms with E-state index in [1.54, 1.807) is 54.6 Å². The summed E-state index contributed by atoms with van der Waals surface area (Å²) in [6.07, 6.45) is 1.44. The molecule has 0 radical (unpaired) electrons. The van der Waals surface area contributed by atoms with Crippen molar-refractivity contribution >= 4 is 63.8 Å². The minimum absolute atomic E-state index is 0.165. The van der Waals surface area contributed by atoms with Gasteiger partial charge in [-0.3, -0.25) is 14.9 Å². The maximum Gasteiger partial charge on any atom is 0.335 e. The number of ether oxygens (including phenoxy) is 2. The van der Waals surface area contributed by atoms with Gasteiger partial charge in [0.2, 0.25) is 0 Å². The molecule has 0 bridgehead atoms. The molecule has 1 saturated heterocycles. The Kier molecular flexibility index (Phi) is 7.72. The lowest BCUT2D eigenvalue weighted by molar-refractivity contribution is -0.122. The number of hydrogen-bond donors (Lipinski definition) is 1. The zero-order valence-corrected chi connectivity index (χ0v) is 21.5.